The minimum absolute atomic E-state index is 0.0803. The molecule has 2 fully saturated rings. The van der Waals surface area contributed by atoms with Crippen molar-refractivity contribution >= 4 is 23.1 Å². The van der Waals surface area contributed by atoms with E-state index in [4.69, 9.17) is 16.3 Å². The summed E-state index contributed by atoms with van der Waals surface area (Å²) in [5.74, 6) is 0.943. The lowest BCUT2D eigenvalue weighted by atomic mass is 9.92. The Bertz CT molecular complexity index is 908. The van der Waals surface area contributed by atoms with Gasteiger partial charge < -0.3 is 15.4 Å². The smallest absolute Gasteiger partial charge is 0.143 e. The predicted molar refractivity (Wildman–Crippen MR) is 124 cm³/mol. The maximum atomic E-state index is 12.7. The molecule has 31 heavy (non-hydrogen) atoms. The molecular weight excluding hydrogens is 412 g/mol. The second-order valence-corrected chi connectivity index (χ2v) is 9.04. The molecular formula is C24H31ClN4O2. The molecule has 2 N–H and O–H groups in total. The van der Waals surface area contributed by atoms with Crippen molar-refractivity contribution in [1.29, 1.82) is 0 Å². The van der Waals surface area contributed by atoms with Gasteiger partial charge in [-0.05, 0) is 57.2 Å². The molecule has 0 spiro atoms. The van der Waals surface area contributed by atoms with E-state index >= 15 is 0 Å². The SMILES string of the molecule is Cc1ncc(-c2cc(CC(=O)[C@@H]3CCCNC3)ncc2Cl)cc1NCC1CCOCC1. The van der Waals surface area contributed by atoms with Gasteiger partial charge in [0.2, 0.25) is 0 Å². The lowest BCUT2D eigenvalue weighted by Gasteiger charge is -2.23. The van der Waals surface area contributed by atoms with Crippen molar-refractivity contribution in [3.63, 3.8) is 0 Å². The number of hydrogen-bond acceptors (Lipinski definition) is 6. The normalized spacial score (nSPS) is 19.9. The molecule has 2 aliphatic heterocycles. The van der Waals surface area contributed by atoms with Gasteiger partial charge in [-0.25, -0.2) is 0 Å². The summed E-state index contributed by atoms with van der Waals surface area (Å²) in [6.07, 6.45) is 8.00. The topological polar surface area (TPSA) is 76.1 Å². The van der Waals surface area contributed by atoms with Crippen LogP contribution in [0.4, 0.5) is 5.69 Å². The van der Waals surface area contributed by atoms with Crippen LogP contribution in [0.3, 0.4) is 0 Å². The highest BCUT2D eigenvalue weighted by atomic mass is 35.5. The molecule has 2 aliphatic rings. The molecule has 7 heteroatoms. The van der Waals surface area contributed by atoms with Crippen molar-refractivity contribution < 1.29 is 9.53 Å². The van der Waals surface area contributed by atoms with Crippen LogP contribution in [-0.4, -0.2) is 48.6 Å². The Morgan fingerprint density at radius 1 is 1.23 bits per heavy atom. The first-order chi connectivity index (χ1) is 15.1. The molecule has 6 nitrogen and oxygen atoms in total. The number of nitrogens with zero attached hydrogens (tertiary/aromatic N) is 2. The zero-order chi connectivity index (χ0) is 21.6. The molecule has 0 saturated carbocycles. The van der Waals surface area contributed by atoms with E-state index < -0.39 is 0 Å². The van der Waals surface area contributed by atoms with Crippen molar-refractivity contribution in [1.82, 2.24) is 15.3 Å². The fourth-order valence-corrected chi connectivity index (χ4v) is 4.53. The number of ketones is 1. The number of pyridine rings is 2. The summed E-state index contributed by atoms with van der Waals surface area (Å²) in [4.78, 5) is 21.7. The Morgan fingerprint density at radius 3 is 2.84 bits per heavy atom. The first-order valence-electron chi connectivity index (χ1n) is 11.3. The quantitative estimate of drug-likeness (QED) is 0.673. The van der Waals surface area contributed by atoms with Crippen LogP contribution in [0, 0.1) is 18.8 Å². The van der Waals surface area contributed by atoms with Crippen LogP contribution < -0.4 is 10.6 Å². The van der Waals surface area contributed by atoms with Crippen molar-refractivity contribution in [2.45, 2.75) is 39.0 Å². The molecule has 166 valence electrons. The summed E-state index contributed by atoms with van der Waals surface area (Å²) in [5, 5.41) is 7.44. The number of ether oxygens (including phenoxy) is 1. The van der Waals surface area contributed by atoms with Crippen LogP contribution in [0.25, 0.3) is 11.1 Å². The zero-order valence-corrected chi connectivity index (χ0v) is 18.9. The second-order valence-electron chi connectivity index (χ2n) is 8.64. The van der Waals surface area contributed by atoms with Crippen LogP contribution in [0.2, 0.25) is 5.02 Å². The predicted octanol–water partition coefficient (Wildman–Crippen LogP) is 4.06. The molecule has 1 atom stereocenters. The second kappa shape index (κ2) is 10.5. The number of aromatic nitrogens is 2. The number of rotatable bonds is 7. The molecule has 0 unspecified atom stereocenters. The Morgan fingerprint density at radius 2 is 2.06 bits per heavy atom. The van der Waals surface area contributed by atoms with Gasteiger partial charge in [0.1, 0.15) is 5.78 Å². The third-order valence-corrected chi connectivity index (χ3v) is 6.64. The fourth-order valence-electron chi connectivity index (χ4n) is 4.31. The maximum absolute atomic E-state index is 12.7. The molecule has 2 aromatic heterocycles. The van der Waals surface area contributed by atoms with E-state index in [-0.39, 0.29) is 11.7 Å². The number of hydrogen-bond donors (Lipinski definition) is 2. The average molecular weight is 443 g/mol. The van der Waals surface area contributed by atoms with E-state index in [2.05, 4.69) is 26.7 Å². The number of aryl methyl sites for hydroxylation is 1. The molecule has 0 aliphatic carbocycles. The number of carbonyl (C=O) groups excluding carboxylic acids is 1. The summed E-state index contributed by atoms with van der Waals surface area (Å²) in [6.45, 7) is 6.37. The van der Waals surface area contributed by atoms with Crippen molar-refractivity contribution in [2.75, 3.05) is 38.2 Å². The van der Waals surface area contributed by atoms with Gasteiger partial charge >= 0.3 is 0 Å². The molecule has 2 saturated heterocycles. The van der Waals surface area contributed by atoms with Gasteiger partial charge in [0, 0.05) is 67.9 Å². The van der Waals surface area contributed by atoms with Gasteiger partial charge in [-0.1, -0.05) is 11.6 Å². The molecule has 4 heterocycles. The van der Waals surface area contributed by atoms with E-state index in [0.717, 1.165) is 86.7 Å². The van der Waals surface area contributed by atoms with E-state index in [9.17, 15) is 4.79 Å². The van der Waals surface area contributed by atoms with Gasteiger partial charge in [-0.2, -0.15) is 0 Å². The van der Waals surface area contributed by atoms with E-state index in [1.807, 2.05) is 19.2 Å². The van der Waals surface area contributed by atoms with Crippen LogP contribution in [0.1, 0.15) is 37.1 Å². The van der Waals surface area contributed by atoms with Crippen molar-refractivity contribution in [3.8, 4) is 11.1 Å². The van der Waals surface area contributed by atoms with E-state index in [0.29, 0.717) is 17.4 Å². The number of nitrogens with one attached hydrogen (secondary N) is 2. The Labute approximate surface area is 189 Å². The highest BCUT2D eigenvalue weighted by molar-refractivity contribution is 6.33. The van der Waals surface area contributed by atoms with Crippen molar-refractivity contribution in [2.24, 2.45) is 11.8 Å². The number of piperidine rings is 1. The highest BCUT2D eigenvalue weighted by Crippen LogP contribution is 2.31. The summed E-state index contributed by atoms with van der Waals surface area (Å²) in [6, 6.07) is 4.03. The van der Waals surface area contributed by atoms with Crippen LogP contribution in [0.5, 0.6) is 0 Å². The third kappa shape index (κ3) is 5.82. The minimum atomic E-state index is 0.0803. The highest BCUT2D eigenvalue weighted by Gasteiger charge is 2.22. The third-order valence-electron chi connectivity index (χ3n) is 6.34. The molecule has 0 bridgehead atoms. The lowest BCUT2D eigenvalue weighted by molar-refractivity contribution is -0.122. The fraction of sp³-hybridized carbons (Fsp3) is 0.542. The van der Waals surface area contributed by atoms with Gasteiger partial charge in [0.25, 0.3) is 0 Å². The number of halogens is 1. The van der Waals surface area contributed by atoms with Crippen LogP contribution in [0.15, 0.2) is 24.5 Å². The monoisotopic (exact) mass is 442 g/mol. The zero-order valence-electron chi connectivity index (χ0n) is 18.1. The van der Waals surface area contributed by atoms with Gasteiger partial charge in [0.05, 0.1) is 16.4 Å². The van der Waals surface area contributed by atoms with E-state index in [1.165, 1.54) is 0 Å². The maximum Gasteiger partial charge on any atom is 0.143 e. The van der Waals surface area contributed by atoms with Crippen molar-refractivity contribution in [3.05, 3.63) is 40.9 Å². The number of anilines is 1. The first kappa shape index (κ1) is 22.2. The Kier molecular flexibility index (Phi) is 7.54. The minimum Gasteiger partial charge on any atom is -0.383 e. The van der Waals surface area contributed by atoms with Gasteiger partial charge in [-0.3, -0.25) is 14.8 Å². The number of Topliss-reactive ketones (excluding diaryl/α,β-unsaturated/α-hetero) is 1. The van der Waals surface area contributed by atoms with Gasteiger partial charge in [-0.15, -0.1) is 0 Å². The van der Waals surface area contributed by atoms with Gasteiger partial charge in [0.15, 0.2) is 0 Å². The molecule has 0 aromatic carbocycles. The lowest BCUT2D eigenvalue weighted by Crippen LogP contribution is -2.35. The first-order valence-corrected chi connectivity index (χ1v) is 11.6. The molecule has 2 aromatic rings. The summed E-state index contributed by atoms with van der Waals surface area (Å²) in [5.41, 5.74) is 4.53. The molecule has 0 radical (unpaired) electrons. The van der Waals surface area contributed by atoms with Crippen LogP contribution in [-0.2, 0) is 16.0 Å². The Hall–Kier alpha value is -2.02. The molecule has 4 rings (SSSR count). The number of carbonyl (C=O) groups is 1. The summed E-state index contributed by atoms with van der Waals surface area (Å²) < 4.78 is 5.45. The molecule has 0 amide bonds. The standard InChI is InChI=1S/C24H31ClN4O2/c1-16-23(29-12-17-4-7-31-8-5-17)9-19(14-27-16)21-10-20(28-15-22(21)25)11-24(30)18-3-2-6-26-13-18/h9-10,14-15,17-18,26,29H,2-8,11-13H2,1H3/t18-/m1/s1. The summed E-state index contributed by atoms with van der Waals surface area (Å²) in [7, 11) is 0. The largest absolute Gasteiger partial charge is 0.383 e. The van der Waals surface area contributed by atoms with Crippen LogP contribution >= 0.6 is 11.6 Å². The van der Waals surface area contributed by atoms with E-state index in [1.54, 1.807) is 6.20 Å². The Balaban J connectivity index is 1.48. The summed E-state index contributed by atoms with van der Waals surface area (Å²) >= 11 is 6.49. The average Bonchev–Trinajstić information content (AvgIpc) is 2.81.